The third-order valence-corrected chi connectivity index (χ3v) is 6.26. The number of amides is 1. The van der Waals surface area contributed by atoms with Crippen LogP contribution in [0.5, 0.6) is 0 Å². The topological polar surface area (TPSA) is 66.9 Å². The van der Waals surface area contributed by atoms with Crippen molar-refractivity contribution in [1.29, 1.82) is 0 Å². The number of thioether (sulfide) groups is 1. The van der Waals surface area contributed by atoms with Gasteiger partial charge >= 0.3 is 0 Å². The molecule has 0 spiro atoms. The van der Waals surface area contributed by atoms with Crippen LogP contribution in [0, 0.1) is 6.92 Å². The van der Waals surface area contributed by atoms with Gasteiger partial charge in [0.2, 0.25) is 11.0 Å². The van der Waals surface area contributed by atoms with Crippen LogP contribution in [0.2, 0.25) is 0 Å². The second kappa shape index (κ2) is 9.20. The van der Waals surface area contributed by atoms with E-state index in [1.54, 1.807) is 0 Å². The van der Waals surface area contributed by atoms with Crippen molar-refractivity contribution in [3.8, 4) is 0 Å². The lowest BCUT2D eigenvalue weighted by molar-refractivity contribution is -0.118. The Labute approximate surface area is 157 Å². The molecule has 1 saturated carbocycles. The van der Waals surface area contributed by atoms with Crippen molar-refractivity contribution in [2.45, 2.75) is 56.0 Å². The third kappa shape index (κ3) is 6.01. The first-order chi connectivity index (χ1) is 12.2. The summed E-state index contributed by atoms with van der Waals surface area (Å²) in [6, 6.07) is 8.71. The molecule has 1 heterocycles. The molecule has 1 fully saturated rings. The minimum Gasteiger partial charge on any atom is -0.357 e. The van der Waals surface area contributed by atoms with Crippen LogP contribution in [-0.4, -0.2) is 27.9 Å². The second-order valence-electron chi connectivity index (χ2n) is 6.40. The van der Waals surface area contributed by atoms with Crippen LogP contribution in [0.4, 0.5) is 5.13 Å². The van der Waals surface area contributed by atoms with E-state index < -0.39 is 0 Å². The molecule has 1 amide bonds. The maximum atomic E-state index is 12.0. The number of carbonyl (C=O) groups is 1. The van der Waals surface area contributed by atoms with Gasteiger partial charge in [0.1, 0.15) is 0 Å². The Hall–Kier alpha value is -1.60. The highest BCUT2D eigenvalue weighted by Crippen LogP contribution is 2.28. The predicted molar refractivity (Wildman–Crippen MR) is 104 cm³/mol. The van der Waals surface area contributed by atoms with Gasteiger partial charge in [0.15, 0.2) is 4.34 Å². The molecule has 0 unspecified atom stereocenters. The van der Waals surface area contributed by atoms with E-state index in [9.17, 15) is 4.79 Å². The minimum atomic E-state index is 0.0163. The maximum absolute atomic E-state index is 12.0. The van der Waals surface area contributed by atoms with Crippen molar-refractivity contribution < 1.29 is 4.79 Å². The van der Waals surface area contributed by atoms with Gasteiger partial charge in [0.05, 0.1) is 5.75 Å². The molecule has 0 atom stereocenters. The van der Waals surface area contributed by atoms with E-state index in [0.717, 1.165) is 15.0 Å². The fourth-order valence-corrected chi connectivity index (χ4v) is 4.49. The number of anilines is 1. The normalized spacial score (nSPS) is 15.1. The highest BCUT2D eigenvalue weighted by atomic mass is 32.2. The number of benzene rings is 1. The molecule has 134 valence electrons. The van der Waals surface area contributed by atoms with E-state index >= 15 is 0 Å². The lowest BCUT2D eigenvalue weighted by Crippen LogP contribution is -2.24. The van der Waals surface area contributed by atoms with Gasteiger partial charge in [-0.1, -0.05) is 72.2 Å². The van der Waals surface area contributed by atoms with Crippen LogP contribution in [0.1, 0.15) is 43.2 Å². The van der Waals surface area contributed by atoms with Crippen LogP contribution >= 0.6 is 23.1 Å². The van der Waals surface area contributed by atoms with Crippen molar-refractivity contribution in [3.63, 3.8) is 0 Å². The average molecular weight is 377 g/mol. The Balaban J connectivity index is 1.39. The third-order valence-electron chi connectivity index (χ3n) is 4.28. The van der Waals surface area contributed by atoms with E-state index in [4.69, 9.17) is 0 Å². The Morgan fingerprint density at radius 1 is 1.20 bits per heavy atom. The molecule has 0 bridgehead atoms. The summed E-state index contributed by atoms with van der Waals surface area (Å²) in [6.07, 6.45) is 6.35. The molecule has 1 aromatic carbocycles. The smallest absolute Gasteiger partial charge is 0.230 e. The largest absolute Gasteiger partial charge is 0.357 e. The molecular formula is C18H24N4OS2. The first-order valence-electron chi connectivity index (χ1n) is 8.74. The maximum Gasteiger partial charge on any atom is 0.230 e. The lowest BCUT2D eigenvalue weighted by atomic mass is 9.96. The predicted octanol–water partition coefficient (Wildman–Crippen LogP) is 4.00. The number of aryl methyl sites for hydroxylation is 1. The number of hydrogen-bond donors (Lipinski definition) is 2. The summed E-state index contributed by atoms with van der Waals surface area (Å²) in [4.78, 5) is 12.0. The van der Waals surface area contributed by atoms with Crippen LogP contribution in [0.3, 0.4) is 0 Å². The Morgan fingerprint density at radius 3 is 2.72 bits per heavy atom. The van der Waals surface area contributed by atoms with Crippen LogP contribution < -0.4 is 10.6 Å². The summed E-state index contributed by atoms with van der Waals surface area (Å²) < 4.78 is 0.837. The highest BCUT2D eigenvalue weighted by Gasteiger charge is 2.15. The van der Waals surface area contributed by atoms with E-state index in [-0.39, 0.29) is 5.91 Å². The van der Waals surface area contributed by atoms with Crippen molar-refractivity contribution in [3.05, 3.63) is 35.4 Å². The van der Waals surface area contributed by atoms with Gasteiger partial charge in [-0.15, -0.1) is 10.2 Å². The lowest BCUT2D eigenvalue weighted by Gasteiger charge is -2.21. The van der Waals surface area contributed by atoms with Crippen molar-refractivity contribution in [2.24, 2.45) is 0 Å². The molecule has 1 aromatic heterocycles. The van der Waals surface area contributed by atoms with Crippen LogP contribution in [0.15, 0.2) is 28.6 Å². The zero-order valence-corrected chi connectivity index (χ0v) is 16.1. The number of nitrogens with zero attached hydrogens (tertiary/aromatic N) is 2. The number of rotatable bonds is 7. The Bertz CT molecular complexity index is 681. The van der Waals surface area contributed by atoms with E-state index in [2.05, 4.69) is 39.9 Å². The summed E-state index contributed by atoms with van der Waals surface area (Å²) >= 11 is 2.98. The molecule has 5 nitrogen and oxygen atoms in total. The fraction of sp³-hybridized carbons (Fsp3) is 0.500. The van der Waals surface area contributed by atoms with Crippen LogP contribution in [0.25, 0.3) is 0 Å². The van der Waals surface area contributed by atoms with E-state index in [0.29, 0.717) is 18.3 Å². The molecule has 25 heavy (non-hydrogen) atoms. The van der Waals surface area contributed by atoms with Gasteiger partial charge in [0.25, 0.3) is 0 Å². The van der Waals surface area contributed by atoms with Gasteiger partial charge < -0.3 is 10.6 Å². The van der Waals surface area contributed by atoms with E-state index in [1.807, 2.05) is 12.1 Å². The first-order valence-corrected chi connectivity index (χ1v) is 10.5. The quantitative estimate of drug-likeness (QED) is 0.715. The monoisotopic (exact) mass is 376 g/mol. The molecule has 0 radical (unpaired) electrons. The average Bonchev–Trinajstić information content (AvgIpc) is 3.08. The SMILES string of the molecule is Cc1ccc(CNC(=O)CSc2nnc(NC3CCCCC3)s2)cc1. The van der Waals surface area contributed by atoms with Crippen LogP contribution in [-0.2, 0) is 11.3 Å². The minimum absolute atomic E-state index is 0.0163. The van der Waals surface area contributed by atoms with E-state index in [1.165, 1.54) is 60.8 Å². The number of nitrogens with one attached hydrogen (secondary N) is 2. The molecule has 1 aliphatic rings. The zero-order valence-electron chi connectivity index (χ0n) is 14.5. The second-order valence-corrected chi connectivity index (χ2v) is 8.60. The molecule has 2 N–H and O–H groups in total. The summed E-state index contributed by atoms with van der Waals surface area (Å²) in [5, 5.41) is 15.6. The molecular weight excluding hydrogens is 352 g/mol. The molecule has 2 aromatic rings. The molecule has 0 aliphatic heterocycles. The number of carbonyl (C=O) groups excluding carboxylic acids is 1. The van der Waals surface area contributed by atoms with Crippen molar-refractivity contribution >= 4 is 34.1 Å². The first kappa shape index (κ1) is 18.2. The Kier molecular flexibility index (Phi) is 6.69. The molecule has 0 saturated heterocycles. The van der Waals surface area contributed by atoms with Crippen molar-refractivity contribution in [1.82, 2.24) is 15.5 Å². The van der Waals surface area contributed by atoms with Gasteiger partial charge in [-0.25, -0.2) is 0 Å². The standard InChI is InChI=1S/C18H24N4OS2/c1-13-7-9-14(10-8-13)11-19-16(23)12-24-18-22-21-17(25-18)20-15-5-3-2-4-6-15/h7-10,15H,2-6,11-12H2,1H3,(H,19,23)(H,20,21). The number of aromatic nitrogens is 2. The summed E-state index contributed by atoms with van der Waals surface area (Å²) in [7, 11) is 0. The highest BCUT2D eigenvalue weighted by molar-refractivity contribution is 8.01. The Morgan fingerprint density at radius 2 is 1.96 bits per heavy atom. The van der Waals surface area contributed by atoms with Gasteiger partial charge in [-0.2, -0.15) is 0 Å². The summed E-state index contributed by atoms with van der Waals surface area (Å²) in [5.41, 5.74) is 2.33. The molecule has 7 heteroatoms. The van der Waals surface area contributed by atoms with Gasteiger partial charge in [0, 0.05) is 12.6 Å². The number of hydrogen-bond acceptors (Lipinski definition) is 6. The fourth-order valence-electron chi connectivity index (χ4n) is 2.83. The summed E-state index contributed by atoms with van der Waals surface area (Å²) in [5.74, 6) is 0.381. The summed E-state index contributed by atoms with van der Waals surface area (Å²) in [6.45, 7) is 2.61. The van der Waals surface area contributed by atoms with Gasteiger partial charge in [-0.3, -0.25) is 4.79 Å². The molecule has 3 rings (SSSR count). The van der Waals surface area contributed by atoms with Crippen molar-refractivity contribution in [2.75, 3.05) is 11.1 Å². The zero-order chi connectivity index (χ0) is 17.5. The van der Waals surface area contributed by atoms with Gasteiger partial charge in [-0.05, 0) is 25.3 Å². The molecule has 1 aliphatic carbocycles.